The fourth-order valence-electron chi connectivity index (χ4n) is 5.02. The zero-order chi connectivity index (χ0) is 20.8. The molecule has 1 aromatic carbocycles. The summed E-state index contributed by atoms with van der Waals surface area (Å²) in [6.45, 7) is 6.08. The first kappa shape index (κ1) is 20.3. The van der Waals surface area contributed by atoms with Crippen LogP contribution in [-0.4, -0.2) is 23.6 Å². The van der Waals surface area contributed by atoms with Crippen LogP contribution in [0.1, 0.15) is 70.8 Å². The third-order valence-electron chi connectivity index (χ3n) is 6.37. The van der Waals surface area contributed by atoms with Crippen molar-refractivity contribution in [1.29, 1.82) is 0 Å². The number of benzene rings is 1. The summed E-state index contributed by atoms with van der Waals surface area (Å²) in [5, 5.41) is 0.630. The molecule has 0 saturated heterocycles. The van der Waals surface area contributed by atoms with E-state index in [1.54, 1.807) is 0 Å². The Labute approximate surface area is 177 Å². The minimum absolute atomic E-state index is 0.0162. The number of hydrogen-bond donors (Lipinski definition) is 0. The van der Waals surface area contributed by atoms with E-state index in [4.69, 9.17) is 21.3 Å². The average molecular weight is 414 g/mol. The van der Waals surface area contributed by atoms with Crippen molar-refractivity contribution in [2.24, 2.45) is 16.3 Å². The molecule has 3 aliphatic rings. The molecule has 0 radical (unpaired) electrons. The second-order valence-electron chi connectivity index (χ2n) is 9.40. The van der Waals surface area contributed by atoms with Gasteiger partial charge in [0.2, 0.25) is 0 Å². The summed E-state index contributed by atoms with van der Waals surface area (Å²) in [5.41, 5.74) is 3.04. The standard InChI is InChI=1S/C24H28ClNO3/c1-14-20(23(28)29-17-6-4-5-7-17)21(15-8-10-16(25)11-9-15)22-18(26-14)12-24(2,3)13-19(22)27/h8-11,17,20-21H,4-7,12-13H2,1-3H3/t20?,21-/m1/s1. The first-order valence-corrected chi connectivity index (χ1v) is 10.9. The Bertz CT molecular complexity index is 891. The monoisotopic (exact) mass is 413 g/mol. The number of hydrogen-bond acceptors (Lipinski definition) is 4. The van der Waals surface area contributed by atoms with E-state index in [1.165, 1.54) is 0 Å². The van der Waals surface area contributed by atoms with E-state index < -0.39 is 5.92 Å². The zero-order valence-electron chi connectivity index (χ0n) is 17.3. The van der Waals surface area contributed by atoms with Crippen molar-refractivity contribution in [3.8, 4) is 0 Å². The molecule has 1 fully saturated rings. The molecule has 4 rings (SSSR count). The van der Waals surface area contributed by atoms with Crippen molar-refractivity contribution in [1.82, 2.24) is 0 Å². The fraction of sp³-hybridized carbons (Fsp3) is 0.542. The molecule has 1 aliphatic heterocycles. The molecule has 0 amide bonds. The average Bonchev–Trinajstić information content (AvgIpc) is 3.13. The van der Waals surface area contributed by atoms with Crippen molar-refractivity contribution in [3.05, 3.63) is 46.1 Å². The van der Waals surface area contributed by atoms with Gasteiger partial charge in [0.15, 0.2) is 5.78 Å². The van der Waals surface area contributed by atoms with Crippen molar-refractivity contribution in [3.63, 3.8) is 0 Å². The molecule has 0 aromatic heterocycles. The third-order valence-corrected chi connectivity index (χ3v) is 6.62. The second kappa shape index (κ2) is 7.71. The van der Waals surface area contributed by atoms with Crippen LogP contribution in [0.15, 0.2) is 40.5 Å². The van der Waals surface area contributed by atoms with Gasteiger partial charge in [-0.25, -0.2) is 0 Å². The Morgan fingerprint density at radius 2 is 1.79 bits per heavy atom. The number of ketones is 1. The van der Waals surface area contributed by atoms with Crippen LogP contribution >= 0.6 is 11.6 Å². The lowest BCUT2D eigenvalue weighted by Crippen LogP contribution is -2.40. The number of allylic oxidation sites excluding steroid dienone is 2. The molecule has 0 bridgehead atoms. The lowest BCUT2D eigenvalue weighted by molar-refractivity contribution is -0.151. The van der Waals surface area contributed by atoms with Gasteiger partial charge in [0.1, 0.15) is 12.0 Å². The van der Waals surface area contributed by atoms with Crippen LogP contribution in [-0.2, 0) is 14.3 Å². The Balaban J connectivity index is 1.77. The van der Waals surface area contributed by atoms with Crippen molar-refractivity contribution in [2.45, 2.75) is 71.3 Å². The van der Waals surface area contributed by atoms with Gasteiger partial charge in [-0.15, -0.1) is 0 Å². The Hall–Kier alpha value is -1.94. The minimum Gasteiger partial charge on any atom is -0.462 e. The summed E-state index contributed by atoms with van der Waals surface area (Å²) in [6, 6.07) is 7.46. The summed E-state index contributed by atoms with van der Waals surface area (Å²) < 4.78 is 5.87. The lowest BCUT2D eigenvalue weighted by Gasteiger charge is -2.39. The summed E-state index contributed by atoms with van der Waals surface area (Å²) in [5.74, 6) is -1.11. The summed E-state index contributed by atoms with van der Waals surface area (Å²) in [7, 11) is 0. The van der Waals surface area contributed by atoms with Crippen LogP contribution in [0, 0.1) is 11.3 Å². The number of carbonyl (C=O) groups excluding carboxylic acids is 2. The number of halogens is 1. The van der Waals surface area contributed by atoms with E-state index in [2.05, 4.69) is 13.8 Å². The van der Waals surface area contributed by atoms with Crippen molar-refractivity contribution < 1.29 is 14.3 Å². The highest BCUT2D eigenvalue weighted by Crippen LogP contribution is 2.48. The molecule has 1 heterocycles. The van der Waals surface area contributed by atoms with Gasteiger partial charge in [-0.2, -0.15) is 0 Å². The van der Waals surface area contributed by atoms with E-state index in [1.807, 2.05) is 31.2 Å². The van der Waals surface area contributed by atoms with E-state index in [0.717, 1.165) is 49.1 Å². The zero-order valence-corrected chi connectivity index (χ0v) is 18.1. The van der Waals surface area contributed by atoms with E-state index in [-0.39, 0.29) is 29.2 Å². The van der Waals surface area contributed by atoms with E-state index in [0.29, 0.717) is 17.0 Å². The number of esters is 1. The van der Waals surface area contributed by atoms with Crippen LogP contribution < -0.4 is 0 Å². The highest BCUT2D eigenvalue weighted by atomic mass is 35.5. The SMILES string of the molecule is CC1=NC2=C(C(=O)CC(C)(C)C2)[C@H](c2ccc(Cl)cc2)C1C(=O)OC1CCCC1. The third kappa shape index (κ3) is 4.05. The van der Waals surface area contributed by atoms with E-state index >= 15 is 0 Å². The van der Waals surface area contributed by atoms with Gasteiger partial charge < -0.3 is 4.74 Å². The highest BCUT2D eigenvalue weighted by molar-refractivity contribution is 6.30. The lowest BCUT2D eigenvalue weighted by atomic mass is 9.67. The van der Waals surface area contributed by atoms with Gasteiger partial charge in [0, 0.05) is 34.3 Å². The van der Waals surface area contributed by atoms with Gasteiger partial charge in [-0.1, -0.05) is 37.6 Å². The van der Waals surface area contributed by atoms with Crippen LogP contribution in [0.5, 0.6) is 0 Å². The predicted molar refractivity (Wildman–Crippen MR) is 114 cm³/mol. The number of nitrogens with zero attached hydrogens (tertiary/aromatic N) is 1. The number of rotatable bonds is 3. The maximum absolute atomic E-state index is 13.3. The molecule has 29 heavy (non-hydrogen) atoms. The first-order valence-electron chi connectivity index (χ1n) is 10.5. The van der Waals surface area contributed by atoms with Gasteiger partial charge >= 0.3 is 5.97 Å². The molecule has 5 heteroatoms. The van der Waals surface area contributed by atoms with Gasteiger partial charge in [0.05, 0.1) is 0 Å². The molecular weight excluding hydrogens is 386 g/mol. The summed E-state index contributed by atoms with van der Waals surface area (Å²) in [4.78, 5) is 31.2. The topological polar surface area (TPSA) is 55.7 Å². The largest absolute Gasteiger partial charge is 0.462 e. The highest BCUT2D eigenvalue weighted by Gasteiger charge is 2.46. The van der Waals surface area contributed by atoms with Gasteiger partial charge in [-0.3, -0.25) is 14.6 Å². The normalized spacial score (nSPS) is 26.9. The smallest absolute Gasteiger partial charge is 0.315 e. The van der Waals surface area contributed by atoms with E-state index in [9.17, 15) is 9.59 Å². The van der Waals surface area contributed by atoms with Crippen LogP contribution in [0.4, 0.5) is 0 Å². The molecule has 1 unspecified atom stereocenters. The number of ether oxygens (including phenoxy) is 1. The predicted octanol–water partition coefficient (Wildman–Crippen LogP) is 5.64. The molecular formula is C24H28ClNO3. The molecule has 4 nitrogen and oxygen atoms in total. The maximum Gasteiger partial charge on any atom is 0.315 e. The van der Waals surface area contributed by atoms with Crippen molar-refractivity contribution in [2.75, 3.05) is 0 Å². The molecule has 0 N–H and O–H groups in total. The number of Topliss-reactive ketones (excluding diaryl/α,β-unsaturated/α-hetero) is 1. The molecule has 2 aliphatic carbocycles. The molecule has 1 saturated carbocycles. The Morgan fingerprint density at radius 3 is 2.45 bits per heavy atom. The number of carbonyl (C=O) groups is 2. The number of aliphatic imine (C=N–C) groups is 1. The maximum atomic E-state index is 13.3. The quantitative estimate of drug-likeness (QED) is 0.602. The molecule has 2 atom stereocenters. The molecule has 1 aromatic rings. The van der Waals surface area contributed by atoms with Gasteiger partial charge in [-0.05, 0) is 62.1 Å². The fourth-order valence-corrected chi connectivity index (χ4v) is 5.15. The minimum atomic E-state index is -0.569. The van der Waals surface area contributed by atoms with Crippen LogP contribution in [0.2, 0.25) is 5.02 Å². The van der Waals surface area contributed by atoms with Gasteiger partial charge in [0.25, 0.3) is 0 Å². The summed E-state index contributed by atoms with van der Waals surface area (Å²) in [6.07, 6.45) is 5.22. The van der Waals surface area contributed by atoms with Crippen molar-refractivity contribution >= 4 is 29.1 Å². The molecule has 0 spiro atoms. The first-order chi connectivity index (χ1) is 13.7. The van der Waals surface area contributed by atoms with Crippen LogP contribution in [0.3, 0.4) is 0 Å². The summed E-state index contributed by atoms with van der Waals surface area (Å²) >= 11 is 6.10. The Kier molecular flexibility index (Phi) is 5.41. The van der Waals surface area contributed by atoms with Crippen LogP contribution in [0.25, 0.3) is 0 Å². The Morgan fingerprint density at radius 1 is 1.14 bits per heavy atom. The molecule has 154 valence electrons. The second-order valence-corrected chi connectivity index (χ2v) is 9.84.